The Labute approximate surface area is 121 Å². The predicted molar refractivity (Wildman–Crippen MR) is 73.9 cm³/mol. The van der Waals surface area contributed by atoms with Gasteiger partial charge in [-0.05, 0) is 27.2 Å². The van der Waals surface area contributed by atoms with Gasteiger partial charge in [0.25, 0.3) is 0 Å². The van der Waals surface area contributed by atoms with Crippen molar-refractivity contribution in [1.29, 1.82) is 0 Å². The summed E-state index contributed by atoms with van der Waals surface area (Å²) in [5.41, 5.74) is -0.0641. The lowest BCUT2D eigenvalue weighted by molar-refractivity contribution is -0.153. The molecule has 1 aliphatic rings. The van der Waals surface area contributed by atoms with E-state index < -0.39 is 26.7 Å². The van der Waals surface area contributed by atoms with Gasteiger partial charge in [-0.15, -0.1) is 0 Å². The fourth-order valence-electron chi connectivity index (χ4n) is 2.43. The Bertz CT molecular complexity index is 329. The average Bonchev–Trinajstić information content (AvgIpc) is 2.68. The van der Waals surface area contributed by atoms with Gasteiger partial charge in [0.05, 0.1) is 12.3 Å². The second-order valence-electron chi connectivity index (χ2n) is 4.73. The quantitative estimate of drug-likeness (QED) is 0.368. The molecule has 1 heterocycles. The van der Waals surface area contributed by atoms with Crippen LogP contribution in [0.2, 0.25) is 5.54 Å². The van der Waals surface area contributed by atoms with Gasteiger partial charge >= 0.3 is 20.7 Å². The highest BCUT2D eigenvalue weighted by atomic mass is 28.4. The third-order valence-corrected chi connectivity index (χ3v) is 6.75. The molecule has 1 saturated heterocycles. The van der Waals surface area contributed by atoms with Crippen molar-refractivity contribution in [1.82, 2.24) is 0 Å². The van der Waals surface area contributed by atoms with Crippen LogP contribution in [-0.2, 0) is 27.6 Å². The fourth-order valence-corrected chi connectivity index (χ4v) is 5.31. The zero-order valence-electron chi connectivity index (χ0n) is 12.6. The van der Waals surface area contributed by atoms with Gasteiger partial charge in [0.15, 0.2) is 0 Å². The monoisotopic (exact) mass is 304 g/mol. The number of hydrogen-bond donors (Lipinski definition) is 0. The second kappa shape index (κ2) is 7.87. The number of hydrogen-bond acceptors (Lipinski definition) is 6. The van der Waals surface area contributed by atoms with Gasteiger partial charge in [0, 0.05) is 25.4 Å². The number of rotatable bonds is 9. The van der Waals surface area contributed by atoms with Gasteiger partial charge < -0.3 is 18.0 Å². The molecular formula is C13H24O6Si. The van der Waals surface area contributed by atoms with Crippen molar-refractivity contribution < 1.29 is 27.6 Å². The molecule has 1 rings (SSSR count). The molecule has 20 heavy (non-hydrogen) atoms. The summed E-state index contributed by atoms with van der Waals surface area (Å²) in [5, 5.41) is 0. The Morgan fingerprint density at radius 1 is 1.15 bits per heavy atom. The van der Waals surface area contributed by atoms with Crippen molar-refractivity contribution in [3.63, 3.8) is 0 Å². The van der Waals surface area contributed by atoms with E-state index in [1.165, 1.54) is 0 Å². The van der Waals surface area contributed by atoms with Crippen LogP contribution < -0.4 is 0 Å². The molecule has 2 atom stereocenters. The maximum Gasteiger partial charge on any atom is 0.503 e. The fraction of sp³-hybridized carbons (Fsp3) is 0.846. The molecule has 0 spiro atoms. The first-order valence-corrected chi connectivity index (χ1v) is 8.95. The number of esters is 2. The lowest BCUT2D eigenvalue weighted by Gasteiger charge is -2.34. The molecule has 0 saturated carbocycles. The largest absolute Gasteiger partial charge is 0.503 e. The van der Waals surface area contributed by atoms with Crippen LogP contribution in [0.5, 0.6) is 0 Å². The number of cyclic esters (lactones) is 2. The van der Waals surface area contributed by atoms with E-state index in [-0.39, 0.29) is 12.0 Å². The molecule has 0 aliphatic carbocycles. The maximum atomic E-state index is 11.6. The Morgan fingerprint density at radius 2 is 1.65 bits per heavy atom. The van der Waals surface area contributed by atoms with E-state index in [0.29, 0.717) is 26.2 Å². The summed E-state index contributed by atoms with van der Waals surface area (Å²) in [5.74, 6) is -1.32. The normalized spacial score (nSPS) is 21.1. The van der Waals surface area contributed by atoms with E-state index in [9.17, 15) is 9.59 Å². The van der Waals surface area contributed by atoms with Gasteiger partial charge in [-0.1, -0.05) is 6.92 Å². The van der Waals surface area contributed by atoms with Crippen molar-refractivity contribution in [2.75, 3.05) is 19.8 Å². The molecule has 7 heteroatoms. The summed E-state index contributed by atoms with van der Waals surface area (Å²) in [7, 11) is -2.84. The molecule has 1 fully saturated rings. The van der Waals surface area contributed by atoms with Crippen LogP contribution in [0.25, 0.3) is 0 Å². The van der Waals surface area contributed by atoms with Crippen LogP contribution in [0.3, 0.4) is 0 Å². The highest BCUT2D eigenvalue weighted by molar-refractivity contribution is 6.62. The summed E-state index contributed by atoms with van der Waals surface area (Å²) in [6.07, 6.45) is 0.620. The van der Waals surface area contributed by atoms with Crippen molar-refractivity contribution in [3.05, 3.63) is 0 Å². The third-order valence-electron chi connectivity index (χ3n) is 3.24. The van der Waals surface area contributed by atoms with Crippen LogP contribution in [-0.4, -0.2) is 40.6 Å². The Morgan fingerprint density at radius 3 is 2.00 bits per heavy atom. The van der Waals surface area contributed by atoms with Gasteiger partial charge in [0.1, 0.15) is 0 Å². The third kappa shape index (κ3) is 4.11. The van der Waals surface area contributed by atoms with Crippen LogP contribution in [0.4, 0.5) is 0 Å². The molecule has 2 unspecified atom stereocenters. The highest BCUT2D eigenvalue weighted by Gasteiger charge is 2.49. The highest BCUT2D eigenvalue weighted by Crippen LogP contribution is 2.34. The van der Waals surface area contributed by atoms with Crippen molar-refractivity contribution >= 4 is 20.7 Å². The lowest BCUT2D eigenvalue weighted by atomic mass is 10.0. The van der Waals surface area contributed by atoms with Crippen molar-refractivity contribution in [3.8, 4) is 0 Å². The maximum absolute atomic E-state index is 11.6. The van der Waals surface area contributed by atoms with Crippen molar-refractivity contribution in [2.24, 2.45) is 5.92 Å². The van der Waals surface area contributed by atoms with Gasteiger partial charge in [-0.2, -0.15) is 0 Å². The molecule has 0 amide bonds. The number of ether oxygens (including phenoxy) is 1. The summed E-state index contributed by atoms with van der Waals surface area (Å²) in [6.45, 7) is 9.09. The molecule has 0 aromatic heterocycles. The van der Waals surface area contributed by atoms with Gasteiger partial charge in [-0.3, -0.25) is 9.59 Å². The number of carbonyl (C=O) groups excluding carboxylic acids is 2. The molecule has 116 valence electrons. The van der Waals surface area contributed by atoms with E-state index in [2.05, 4.69) is 4.74 Å². The first-order valence-electron chi connectivity index (χ1n) is 7.15. The minimum absolute atomic E-state index is 0.0641. The molecule has 6 nitrogen and oxygen atoms in total. The summed E-state index contributed by atoms with van der Waals surface area (Å²) >= 11 is 0. The summed E-state index contributed by atoms with van der Waals surface area (Å²) < 4.78 is 22.0. The van der Waals surface area contributed by atoms with Crippen LogP contribution in [0.1, 0.15) is 40.5 Å². The van der Waals surface area contributed by atoms with E-state index in [4.69, 9.17) is 13.3 Å². The molecule has 0 aromatic rings. The van der Waals surface area contributed by atoms with Crippen LogP contribution in [0, 0.1) is 5.92 Å². The molecular weight excluding hydrogens is 280 g/mol. The lowest BCUT2D eigenvalue weighted by Crippen LogP contribution is -2.50. The van der Waals surface area contributed by atoms with Crippen LogP contribution in [0.15, 0.2) is 0 Å². The minimum atomic E-state index is -2.84. The number of carbonyl (C=O) groups is 2. The first-order chi connectivity index (χ1) is 9.49. The zero-order chi connectivity index (χ0) is 15.2. The molecule has 0 aromatic carbocycles. The first kappa shape index (κ1) is 17.3. The van der Waals surface area contributed by atoms with Crippen LogP contribution >= 0.6 is 0 Å². The van der Waals surface area contributed by atoms with Gasteiger partial charge in [0.2, 0.25) is 0 Å². The predicted octanol–water partition coefficient (Wildman–Crippen LogP) is 1.90. The molecule has 0 N–H and O–H groups in total. The van der Waals surface area contributed by atoms with Crippen molar-refractivity contribution in [2.45, 2.75) is 46.1 Å². The summed E-state index contributed by atoms with van der Waals surface area (Å²) in [4.78, 5) is 22.7. The summed E-state index contributed by atoms with van der Waals surface area (Å²) in [6, 6.07) is 0. The van der Waals surface area contributed by atoms with E-state index in [0.717, 1.165) is 0 Å². The van der Waals surface area contributed by atoms with Gasteiger partial charge in [-0.25, -0.2) is 0 Å². The SMILES string of the molecule is CCO[Si](OCC)(OCC)C(C)CC1CC(=O)OC1=O. The zero-order valence-corrected chi connectivity index (χ0v) is 13.6. The second-order valence-corrected chi connectivity index (χ2v) is 7.79. The van der Waals surface area contributed by atoms with E-state index in [1.807, 2.05) is 27.7 Å². The Kier molecular flexibility index (Phi) is 6.80. The van der Waals surface area contributed by atoms with E-state index in [1.54, 1.807) is 0 Å². The average molecular weight is 304 g/mol. The van der Waals surface area contributed by atoms with E-state index >= 15 is 0 Å². The molecule has 0 radical (unpaired) electrons. The topological polar surface area (TPSA) is 71.1 Å². The standard InChI is InChI=1S/C13H24O6Si/c1-5-16-20(17-6-2,18-7-3)10(4)8-11-9-12(14)19-13(11)15/h10-11H,5-9H2,1-4H3. The Balaban J connectivity index is 2.78. The molecule has 0 bridgehead atoms. The Hall–Kier alpha value is -0.763. The minimum Gasteiger partial charge on any atom is -0.393 e. The molecule has 1 aliphatic heterocycles. The smallest absolute Gasteiger partial charge is 0.393 e.